The van der Waals surface area contributed by atoms with Crippen molar-refractivity contribution in [3.63, 3.8) is 0 Å². The first-order chi connectivity index (χ1) is 10.7. The molecule has 0 N–H and O–H groups in total. The van der Waals surface area contributed by atoms with E-state index in [2.05, 4.69) is 76.8 Å². The molecule has 0 aromatic heterocycles. The van der Waals surface area contributed by atoms with Crippen LogP contribution in [0.25, 0.3) is 0 Å². The van der Waals surface area contributed by atoms with Gasteiger partial charge in [-0.2, -0.15) is 0 Å². The monoisotopic (exact) mass is 318 g/mol. The first kappa shape index (κ1) is 18.3. The van der Waals surface area contributed by atoms with E-state index in [-0.39, 0.29) is 5.41 Å². The molecule has 0 saturated heterocycles. The molecule has 0 heterocycles. The fourth-order valence-electron chi connectivity index (χ4n) is 3.62. The molecule has 0 amide bonds. The van der Waals surface area contributed by atoms with Gasteiger partial charge in [0.2, 0.25) is 0 Å². The van der Waals surface area contributed by atoms with Gasteiger partial charge in [-0.15, -0.1) is 0 Å². The lowest BCUT2D eigenvalue weighted by Crippen LogP contribution is -2.33. The molecule has 0 bridgehead atoms. The van der Waals surface area contributed by atoms with Crippen LogP contribution in [0, 0.1) is 5.41 Å². The van der Waals surface area contributed by atoms with E-state index in [1.165, 1.54) is 17.5 Å². The van der Waals surface area contributed by atoms with Crippen molar-refractivity contribution in [3.05, 3.63) is 29.3 Å². The molecule has 2 rings (SSSR count). The number of nitrogens with zero attached hydrogens (tertiary/aromatic N) is 2. The van der Waals surface area contributed by atoms with E-state index in [0.29, 0.717) is 12.1 Å². The first-order valence-corrected chi connectivity index (χ1v) is 8.82. The van der Waals surface area contributed by atoms with Crippen LogP contribution in [-0.2, 0) is 6.42 Å². The summed E-state index contributed by atoms with van der Waals surface area (Å²) in [4.78, 5) is 4.70. The highest BCUT2D eigenvalue weighted by molar-refractivity contribution is 5.40. The predicted molar refractivity (Wildman–Crippen MR) is 98.2 cm³/mol. The van der Waals surface area contributed by atoms with Crippen LogP contribution >= 0.6 is 0 Å². The number of ether oxygens (including phenoxy) is 1. The van der Waals surface area contributed by atoms with E-state index < -0.39 is 0 Å². The third kappa shape index (κ3) is 4.71. The summed E-state index contributed by atoms with van der Waals surface area (Å²) < 4.78 is 6.10. The number of rotatable bonds is 7. The normalized spacial score (nSPS) is 18.1. The minimum Gasteiger partial charge on any atom is -0.493 e. The lowest BCUT2D eigenvalue weighted by Gasteiger charge is -2.29. The van der Waals surface area contributed by atoms with E-state index in [4.69, 9.17) is 4.74 Å². The average molecular weight is 319 g/mol. The Labute approximate surface area is 142 Å². The Morgan fingerprint density at radius 2 is 1.91 bits per heavy atom. The van der Waals surface area contributed by atoms with E-state index in [9.17, 15) is 0 Å². The molecule has 130 valence electrons. The van der Waals surface area contributed by atoms with Gasteiger partial charge in [0.25, 0.3) is 0 Å². The topological polar surface area (TPSA) is 15.7 Å². The van der Waals surface area contributed by atoms with Crippen molar-refractivity contribution in [2.75, 3.05) is 34.3 Å². The molecule has 23 heavy (non-hydrogen) atoms. The molecular weight excluding hydrogens is 284 g/mol. The highest BCUT2D eigenvalue weighted by Gasteiger charge is 2.27. The summed E-state index contributed by atoms with van der Waals surface area (Å²) in [5.74, 6) is 1.02. The van der Waals surface area contributed by atoms with Crippen molar-refractivity contribution in [2.24, 2.45) is 5.41 Å². The van der Waals surface area contributed by atoms with Crippen molar-refractivity contribution < 1.29 is 4.74 Å². The second-order valence-electron chi connectivity index (χ2n) is 8.36. The Bertz CT molecular complexity index is 522. The van der Waals surface area contributed by atoms with Crippen LogP contribution in [0.2, 0.25) is 0 Å². The van der Waals surface area contributed by atoms with E-state index in [1.54, 1.807) is 0 Å². The number of fused-ring (bicyclic) bond motifs is 1. The predicted octanol–water partition coefficient (Wildman–Crippen LogP) is 3.98. The van der Waals surface area contributed by atoms with Gasteiger partial charge >= 0.3 is 0 Å². The molecule has 0 aliphatic heterocycles. The molecule has 0 spiro atoms. The first-order valence-electron chi connectivity index (χ1n) is 8.82. The van der Waals surface area contributed by atoms with Crippen LogP contribution in [0.3, 0.4) is 0 Å². The lowest BCUT2D eigenvalue weighted by atomic mass is 9.94. The van der Waals surface area contributed by atoms with Crippen LogP contribution in [-0.4, -0.2) is 50.1 Å². The standard InChI is InChI=1S/C20H34N2O/c1-15(2)22(7)19-11-8-16-12-17(9-10-18(16)19)23-14-20(3,4)13-21(5)6/h9-10,12,15,19H,8,11,13-14H2,1-7H3. The highest BCUT2D eigenvalue weighted by Crippen LogP contribution is 2.37. The third-order valence-corrected chi connectivity index (χ3v) is 4.84. The number of aryl methyl sites for hydroxylation is 1. The van der Waals surface area contributed by atoms with E-state index in [1.807, 2.05) is 0 Å². The molecule has 1 aliphatic rings. The molecule has 3 nitrogen and oxygen atoms in total. The molecule has 1 aromatic carbocycles. The van der Waals surface area contributed by atoms with Crippen molar-refractivity contribution in [3.8, 4) is 5.75 Å². The highest BCUT2D eigenvalue weighted by atomic mass is 16.5. The summed E-state index contributed by atoms with van der Waals surface area (Å²) >= 11 is 0. The summed E-state index contributed by atoms with van der Waals surface area (Å²) in [5, 5.41) is 0. The Morgan fingerprint density at radius 1 is 1.22 bits per heavy atom. The SMILES string of the molecule is CC(C)N(C)C1CCc2cc(OCC(C)(C)CN(C)C)ccc21. The fourth-order valence-corrected chi connectivity index (χ4v) is 3.62. The second-order valence-corrected chi connectivity index (χ2v) is 8.36. The molecule has 0 fully saturated rings. The molecule has 1 atom stereocenters. The van der Waals surface area contributed by atoms with Crippen LogP contribution < -0.4 is 4.74 Å². The quantitative estimate of drug-likeness (QED) is 0.756. The van der Waals surface area contributed by atoms with Crippen LogP contribution in [0.5, 0.6) is 5.75 Å². The molecule has 1 aliphatic carbocycles. The Balaban J connectivity index is 2.03. The minimum atomic E-state index is 0.156. The minimum absolute atomic E-state index is 0.156. The van der Waals surface area contributed by atoms with Crippen LogP contribution in [0.15, 0.2) is 18.2 Å². The zero-order valence-electron chi connectivity index (χ0n) is 16.0. The van der Waals surface area contributed by atoms with Crippen molar-refractivity contribution in [1.29, 1.82) is 0 Å². The Hall–Kier alpha value is -1.06. The summed E-state index contributed by atoms with van der Waals surface area (Å²) in [6.07, 6.45) is 2.38. The van der Waals surface area contributed by atoms with Gasteiger partial charge in [-0.05, 0) is 71.1 Å². The number of hydrogen-bond acceptors (Lipinski definition) is 3. The van der Waals surface area contributed by atoms with Gasteiger partial charge < -0.3 is 9.64 Å². The maximum absolute atomic E-state index is 6.10. The Kier molecular flexibility index (Phi) is 5.74. The van der Waals surface area contributed by atoms with Crippen molar-refractivity contribution in [1.82, 2.24) is 9.80 Å². The molecule has 0 saturated carbocycles. The average Bonchev–Trinajstić information content (AvgIpc) is 2.86. The summed E-state index contributed by atoms with van der Waals surface area (Å²) in [7, 11) is 6.46. The molecule has 1 unspecified atom stereocenters. The van der Waals surface area contributed by atoms with Gasteiger partial charge in [0.1, 0.15) is 5.75 Å². The van der Waals surface area contributed by atoms with Crippen molar-refractivity contribution >= 4 is 0 Å². The summed E-state index contributed by atoms with van der Waals surface area (Å²) in [5.41, 5.74) is 3.11. The van der Waals surface area contributed by atoms with E-state index in [0.717, 1.165) is 25.3 Å². The van der Waals surface area contributed by atoms with Gasteiger partial charge in [-0.1, -0.05) is 19.9 Å². The molecule has 1 aromatic rings. The van der Waals surface area contributed by atoms with Gasteiger partial charge in [0.05, 0.1) is 6.61 Å². The maximum Gasteiger partial charge on any atom is 0.119 e. The van der Waals surface area contributed by atoms with Crippen LogP contribution in [0.1, 0.15) is 51.3 Å². The van der Waals surface area contributed by atoms with Gasteiger partial charge in [-0.25, -0.2) is 0 Å². The van der Waals surface area contributed by atoms with E-state index >= 15 is 0 Å². The summed E-state index contributed by atoms with van der Waals surface area (Å²) in [6.45, 7) is 10.8. The van der Waals surface area contributed by atoms with Gasteiger partial charge in [-0.3, -0.25) is 4.90 Å². The zero-order valence-corrected chi connectivity index (χ0v) is 16.0. The molecular formula is C20H34N2O. The second kappa shape index (κ2) is 7.23. The smallest absolute Gasteiger partial charge is 0.119 e. The number of benzene rings is 1. The van der Waals surface area contributed by atoms with Gasteiger partial charge in [0, 0.05) is 24.0 Å². The van der Waals surface area contributed by atoms with Crippen molar-refractivity contribution in [2.45, 2.75) is 52.6 Å². The van der Waals surface area contributed by atoms with Gasteiger partial charge in [0.15, 0.2) is 0 Å². The van der Waals surface area contributed by atoms with Crippen LogP contribution in [0.4, 0.5) is 0 Å². The lowest BCUT2D eigenvalue weighted by molar-refractivity contribution is 0.141. The molecule has 3 heteroatoms. The maximum atomic E-state index is 6.10. The number of hydrogen-bond donors (Lipinski definition) is 0. The summed E-state index contributed by atoms with van der Waals surface area (Å²) in [6, 6.07) is 7.82. The third-order valence-electron chi connectivity index (χ3n) is 4.84. The fraction of sp³-hybridized carbons (Fsp3) is 0.700. The largest absolute Gasteiger partial charge is 0.493 e. The Morgan fingerprint density at radius 3 is 2.52 bits per heavy atom. The zero-order chi connectivity index (χ0) is 17.2. The molecule has 0 radical (unpaired) electrons.